The Labute approximate surface area is 111 Å². The molecule has 0 bridgehead atoms. The Balaban J connectivity index is 2.10. The van der Waals surface area contributed by atoms with Crippen molar-refractivity contribution in [2.75, 3.05) is 13.6 Å². The van der Waals surface area contributed by atoms with Gasteiger partial charge < -0.3 is 10.1 Å². The van der Waals surface area contributed by atoms with Crippen LogP contribution in [0.4, 0.5) is 13.2 Å². The highest BCUT2D eigenvalue weighted by molar-refractivity contribution is 5.31. The largest absolute Gasteiger partial charge is 0.487 e. The number of rotatable bonds is 5. The first kappa shape index (κ1) is 14.2. The van der Waals surface area contributed by atoms with Crippen LogP contribution in [-0.4, -0.2) is 19.2 Å². The predicted molar refractivity (Wildman–Crippen MR) is 67.2 cm³/mol. The summed E-state index contributed by atoms with van der Waals surface area (Å²) in [5.74, 6) is 0.311. The van der Waals surface area contributed by atoms with Crippen LogP contribution in [0, 0.1) is 0 Å². The molecular formula is C14H18F3NO. The van der Waals surface area contributed by atoms with Crippen molar-refractivity contribution < 1.29 is 17.9 Å². The van der Waals surface area contributed by atoms with E-state index in [0.717, 1.165) is 44.4 Å². The topological polar surface area (TPSA) is 21.3 Å². The zero-order valence-corrected chi connectivity index (χ0v) is 10.9. The molecule has 0 unspecified atom stereocenters. The Morgan fingerprint density at radius 3 is 2.58 bits per heavy atom. The van der Waals surface area contributed by atoms with Gasteiger partial charge in [-0.25, -0.2) is 0 Å². The summed E-state index contributed by atoms with van der Waals surface area (Å²) in [4.78, 5) is 0. The van der Waals surface area contributed by atoms with Crippen LogP contribution >= 0.6 is 0 Å². The first-order valence-electron chi connectivity index (χ1n) is 6.46. The molecule has 1 aliphatic carbocycles. The highest BCUT2D eigenvalue weighted by Gasteiger charge is 2.39. The van der Waals surface area contributed by atoms with Gasteiger partial charge in [0.1, 0.15) is 11.4 Å². The molecule has 0 atom stereocenters. The molecule has 0 saturated heterocycles. The van der Waals surface area contributed by atoms with Gasteiger partial charge in [-0.1, -0.05) is 6.07 Å². The molecule has 1 aromatic rings. The molecule has 0 aromatic heterocycles. The van der Waals surface area contributed by atoms with E-state index in [4.69, 9.17) is 4.74 Å². The summed E-state index contributed by atoms with van der Waals surface area (Å²) >= 11 is 0. The van der Waals surface area contributed by atoms with Crippen molar-refractivity contribution in [3.8, 4) is 5.75 Å². The van der Waals surface area contributed by atoms with E-state index in [1.807, 2.05) is 7.05 Å². The zero-order chi connectivity index (χ0) is 13.9. The lowest BCUT2D eigenvalue weighted by Gasteiger charge is -2.42. The van der Waals surface area contributed by atoms with Crippen LogP contribution in [0.5, 0.6) is 5.75 Å². The van der Waals surface area contributed by atoms with Gasteiger partial charge >= 0.3 is 6.18 Å². The fraction of sp³-hybridized carbons (Fsp3) is 0.571. The second-order valence-electron chi connectivity index (χ2n) is 5.02. The number of nitrogens with one attached hydrogen (secondary N) is 1. The van der Waals surface area contributed by atoms with Crippen LogP contribution in [0.15, 0.2) is 24.3 Å². The molecule has 5 heteroatoms. The van der Waals surface area contributed by atoms with Gasteiger partial charge in [-0.05, 0) is 57.5 Å². The SMILES string of the molecule is CNCCC1(Oc2cccc(C(F)(F)F)c2)CCC1. The van der Waals surface area contributed by atoms with Crippen LogP contribution in [0.1, 0.15) is 31.2 Å². The Morgan fingerprint density at radius 2 is 2.05 bits per heavy atom. The maximum Gasteiger partial charge on any atom is 0.416 e. The number of hydrogen-bond acceptors (Lipinski definition) is 2. The summed E-state index contributed by atoms with van der Waals surface area (Å²) in [7, 11) is 1.86. The predicted octanol–water partition coefficient (Wildman–Crippen LogP) is 3.62. The lowest BCUT2D eigenvalue weighted by molar-refractivity contribution is -0.137. The maximum atomic E-state index is 12.6. The Morgan fingerprint density at radius 1 is 1.32 bits per heavy atom. The average molecular weight is 273 g/mol. The first-order valence-corrected chi connectivity index (χ1v) is 6.46. The van der Waals surface area contributed by atoms with Gasteiger partial charge in [0.25, 0.3) is 0 Å². The van der Waals surface area contributed by atoms with Gasteiger partial charge in [0.15, 0.2) is 0 Å². The van der Waals surface area contributed by atoms with E-state index in [2.05, 4.69) is 5.32 Å². The van der Waals surface area contributed by atoms with E-state index in [1.54, 1.807) is 6.07 Å². The van der Waals surface area contributed by atoms with Crippen LogP contribution in [0.2, 0.25) is 0 Å². The van der Waals surface area contributed by atoms with Crippen LogP contribution in [-0.2, 0) is 6.18 Å². The van der Waals surface area contributed by atoms with Gasteiger partial charge in [-0.15, -0.1) is 0 Å². The van der Waals surface area contributed by atoms with Gasteiger partial charge in [-0.2, -0.15) is 13.2 Å². The second-order valence-corrected chi connectivity index (χ2v) is 5.02. The Hall–Kier alpha value is -1.23. The van der Waals surface area contributed by atoms with E-state index in [9.17, 15) is 13.2 Å². The third-order valence-corrected chi connectivity index (χ3v) is 3.59. The number of hydrogen-bond donors (Lipinski definition) is 1. The summed E-state index contributed by atoms with van der Waals surface area (Å²) in [5, 5.41) is 3.05. The summed E-state index contributed by atoms with van der Waals surface area (Å²) in [6, 6.07) is 5.13. The minimum absolute atomic E-state index is 0.284. The Bertz CT molecular complexity index is 427. The number of benzene rings is 1. The van der Waals surface area contributed by atoms with E-state index < -0.39 is 11.7 Å². The summed E-state index contributed by atoms with van der Waals surface area (Å²) in [6.45, 7) is 0.805. The fourth-order valence-corrected chi connectivity index (χ4v) is 2.31. The molecule has 106 valence electrons. The van der Waals surface area contributed by atoms with Gasteiger partial charge in [0, 0.05) is 0 Å². The molecule has 0 radical (unpaired) electrons. The highest BCUT2D eigenvalue weighted by atomic mass is 19.4. The van der Waals surface area contributed by atoms with E-state index in [0.29, 0.717) is 5.75 Å². The van der Waals surface area contributed by atoms with Gasteiger partial charge in [0.2, 0.25) is 0 Å². The van der Waals surface area contributed by atoms with Crippen LogP contribution in [0.3, 0.4) is 0 Å². The number of alkyl halides is 3. The van der Waals surface area contributed by atoms with E-state index >= 15 is 0 Å². The van der Waals surface area contributed by atoms with Crippen molar-refractivity contribution in [2.45, 2.75) is 37.5 Å². The Kier molecular flexibility index (Phi) is 4.04. The first-order chi connectivity index (χ1) is 8.95. The third-order valence-electron chi connectivity index (χ3n) is 3.59. The maximum absolute atomic E-state index is 12.6. The lowest BCUT2D eigenvalue weighted by atomic mass is 9.77. The molecule has 1 fully saturated rings. The monoisotopic (exact) mass is 273 g/mol. The third kappa shape index (κ3) is 3.41. The molecule has 1 saturated carbocycles. The number of halogens is 3. The van der Waals surface area contributed by atoms with Crippen LogP contribution in [0.25, 0.3) is 0 Å². The lowest BCUT2D eigenvalue weighted by Crippen LogP contribution is -2.45. The van der Waals surface area contributed by atoms with E-state index in [-0.39, 0.29) is 5.60 Å². The second kappa shape index (κ2) is 5.41. The normalized spacial score (nSPS) is 17.9. The van der Waals surface area contributed by atoms with E-state index in [1.165, 1.54) is 6.07 Å². The minimum Gasteiger partial charge on any atom is -0.487 e. The van der Waals surface area contributed by atoms with Gasteiger partial charge in [-0.3, -0.25) is 0 Å². The average Bonchev–Trinajstić information content (AvgIpc) is 2.32. The fourth-order valence-electron chi connectivity index (χ4n) is 2.31. The molecule has 19 heavy (non-hydrogen) atoms. The standard InChI is InChI=1S/C14H18F3NO/c1-18-9-8-13(6-3-7-13)19-12-5-2-4-11(10-12)14(15,16)17/h2,4-5,10,18H,3,6-9H2,1H3. The van der Waals surface area contributed by atoms with Crippen molar-refractivity contribution >= 4 is 0 Å². The van der Waals surface area contributed by atoms with Crippen molar-refractivity contribution in [1.29, 1.82) is 0 Å². The molecular weight excluding hydrogens is 255 g/mol. The molecule has 1 N–H and O–H groups in total. The smallest absolute Gasteiger partial charge is 0.416 e. The molecule has 0 spiro atoms. The molecule has 1 aliphatic rings. The quantitative estimate of drug-likeness (QED) is 0.884. The highest BCUT2D eigenvalue weighted by Crippen LogP contribution is 2.40. The summed E-state index contributed by atoms with van der Waals surface area (Å²) in [5.41, 5.74) is -0.944. The molecule has 0 amide bonds. The molecule has 2 rings (SSSR count). The minimum atomic E-state index is -4.32. The van der Waals surface area contributed by atoms with Crippen molar-refractivity contribution in [1.82, 2.24) is 5.32 Å². The number of ether oxygens (including phenoxy) is 1. The van der Waals surface area contributed by atoms with Crippen molar-refractivity contribution in [3.63, 3.8) is 0 Å². The van der Waals surface area contributed by atoms with Gasteiger partial charge in [0.05, 0.1) is 5.56 Å². The summed E-state index contributed by atoms with van der Waals surface area (Å²) in [6.07, 6.45) is -0.616. The zero-order valence-electron chi connectivity index (χ0n) is 10.9. The molecule has 0 heterocycles. The van der Waals surface area contributed by atoms with Crippen molar-refractivity contribution in [2.24, 2.45) is 0 Å². The molecule has 1 aromatic carbocycles. The van der Waals surface area contributed by atoms with Crippen molar-refractivity contribution in [3.05, 3.63) is 29.8 Å². The molecule has 2 nitrogen and oxygen atoms in total. The summed E-state index contributed by atoms with van der Waals surface area (Å²) < 4.78 is 43.7. The van der Waals surface area contributed by atoms with Crippen LogP contribution < -0.4 is 10.1 Å². The molecule has 0 aliphatic heterocycles.